The maximum atomic E-state index is 5.37. The van der Waals surface area contributed by atoms with Crippen LogP contribution in [-0.2, 0) is 6.54 Å². The third kappa shape index (κ3) is 3.09. The first-order valence-corrected chi connectivity index (χ1v) is 6.80. The van der Waals surface area contributed by atoms with Crippen molar-refractivity contribution in [1.29, 1.82) is 0 Å². The lowest BCUT2D eigenvalue weighted by Crippen LogP contribution is -2.18. The smallest absolute Gasteiger partial charge is 0.123 e. The molecule has 1 N–H and O–H groups in total. The molecule has 18 heavy (non-hydrogen) atoms. The summed E-state index contributed by atoms with van der Waals surface area (Å²) in [6.07, 6.45) is 1.93. The van der Waals surface area contributed by atoms with Crippen LogP contribution in [0.4, 0.5) is 0 Å². The Balaban J connectivity index is 2.01. The van der Waals surface area contributed by atoms with E-state index in [1.54, 1.807) is 18.4 Å². The number of aromatic nitrogens is 1. The molecule has 0 fully saturated rings. The molecule has 0 bridgehead atoms. The summed E-state index contributed by atoms with van der Waals surface area (Å²) < 4.78 is 5.37. The first-order valence-electron chi connectivity index (χ1n) is 5.98. The van der Waals surface area contributed by atoms with Crippen LogP contribution in [0.3, 0.4) is 0 Å². The molecule has 0 spiro atoms. The van der Waals surface area contributed by atoms with Gasteiger partial charge in [0.2, 0.25) is 0 Å². The number of benzene rings is 1. The van der Waals surface area contributed by atoms with Crippen molar-refractivity contribution in [3.05, 3.63) is 45.9 Å². The van der Waals surface area contributed by atoms with E-state index in [4.69, 9.17) is 4.74 Å². The lowest BCUT2D eigenvalue weighted by atomic mass is 10.1. The number of hydrogen-bond acceptors (Lipinski definition) is 4. The van der Waals surface area contributed by atoms with E-state index >= 15 is 0 Å². The molecular weight excluding hydrogens is 244 g/mol. The van der Waals surface area contributed by atoms with Crippen LogP contribution in [0, 0.1) is 6.92 Å². The topological polar surface area (TPSA) is 34.1 Å². The summed E-state index contributed by atoms with van der Waals surface area (Å²) in [5.41, 5.74) is 1.18. The van der Waals surface area contributed by atoms with Crippen LogP contribution in [0.5, 0.6) is 5.75 Å². The monoisotopic (exact) mass is 262 g/mol. The lowest BCUT2D eigenvalue weighted by molar-refractivity contribution is 0.401. The molecule has 1 aromatic heterocycles. The molecule has 1 aromatic carbocycles. The second kappa shape index (κ2) is 5.98. The minimum Gasteiger partial charge on any atom is -0.496 e. The van der Waals surface area contributed by atoms with Gasteiger partial charge in [-0.25, -0.2) is 4.98 Å². The Kier molecular flexibility index (Phi) is 4.33. The number of methoxy groups -OCH3 is 1. The van der Waals surface area contributed by atoms with Gasteiger partial charge in [0.1, 0.15) is 5.75 Å². The fraction of sp³-hybridized carbons (Fsp3) is 0.357. The highest BCUT2D eigenvalue weighted by Crippen LogP contribution is 2.24. The zero-order valence-corrected chi connectivity index (χ0v) is 11.8. The molecule has 0 saturated carbocycles. The molecular formula is C14H18N2OS. The summed E-state index contributed by atoms with van der Waals surface area (Å²) in [5, 5.41) is 4.60. The Labute approximate surface area is 112 Å². The van der Waals surface area contributed by atoms with Crippen LogP contribution in [0.2, 0.25) is 0 Å². The largest absolute Gasteiger partial charge is 0.496 e. The molecule has 2 aromatic rings. The molecule has 0 aliphatic heterocycles. The number of nitrogens with one attached hydrogen (secondary N) is 1. The van der Waals surface area contributed by atoms with E-state index in [9.17, 15) is 0 Å². The molecule has 0 amide bonds. The van der Waals surface area contributed by atoms with Crippen molar-refractivity contribution in [2.75, 3.05) is 7.11 Å². The standard InChI is InChI=1S/C14H18N2OS/c1-10(13-6-4-5-7-14(13)17-3)15-8-12-9-16-11(2)18-12/h4-7,9-10,15H,8H2,1-3H3/t10-/m0/s1. The quantitative estimate of drug-likeness (QED) is 0.897. The van der Waals surface area contributed by atoms with Gasteiger partial charge in [-0.1, -0.05) is 18.2 Å². The second-order valence-corrected chi connectivity index (χ2v) is 5.51. The Morgan fingerprint density at radius 2 is 2.17 bits per heavy atom. The van der Waals surface area contributed by atoms with Gasteiger partial charge in [-0.05, 0) is 19.9 Å². The highest BCUT2D eigenvalue weighted by atomic mass is 32.1. The van der Waals surface area contributed by atoms with Crippen molar-refractivity contribution in [3.63, 3.8) is 0 Å². The number of aryl methyl sites for hydroxylation is 1. The molecule has 1 heterocycles. The van der Waals surface area contributed by atoms with Gasteiger partial charge in [0.15, 0.2) is 0 Å². The first kappa shape index (κ1) is 13.1. The highest BCUT2D eigenvalue weighted by Gasteiger charge is 2.10. The average Bonchev–Trinajstić information content (AvgIpc) is 2.81. The molecule has 2 rings (SSSR count). The van der Waals surface area contributed by atoms with Gasteiger partial charge in [0.25, 0.3) is 0 Å². The third-order valence-corrected chi connectivity index (χ3v) is 3.77. The van der Waals surface area contributed by atoms with Gasteiger partial charge in [-0.15, -0.1) is 11.3 Å². The second-order valence-electron chi connectivity index (χ2n) is 4.19. The molecule has 96 valence electrons. The minimum atomic E-state index is 0.253. The summed E-state index contributed by atoms with van der Waals surface area (Å²) in [7, 11) is 1.71. The van der Waals surface area contributed by atoms with Crippen LogP contribution in [0.25, 0.3) is 0 Å². The summed E-state index contributed by atoms with van der Waals surface area (Å²) >= 11 is 1.73. The van der Waals surface area contributed by atoms with Crippen molar-refractivity contribution in [1.82, 2.24) is 10.3 Å². The third-order valence-electron chi connectivity index (χ3n) is 2.86. The minimum absolute atomic E-state index is 0.253. The normalized spacial score (nSPS) is 12.4. The SMILES string of the molecule is COc1ccccc1[C@H](C)NCc1cnc(C)s1. The summed E-state index contributed by atoms with van der Waals surface area (Å²) in [4.78, 5) is 5.51. The summed E-state index contributed by atoms with van der Waals surface area (Å²) in [6, 6.07) is 8.36. The van der Waals surface area contributed by atoms with Crippen LogP contribution in [0.15, 0.2) is 30.5 Å². The number of para-hydroxylation sites is 1. The highest BCUT2D eigenvalue weighted by molar-refractivity contribution is 7.11. The number of nitrogens with zero attached hydrogens (tertiary/aromatic N) is 1. The molecule has 0 aliphatic carbocycles. The lowest BCUT2D eigenvalue weighted by Gasteiger charge is -2.16. The van der Waals surface area contributed by atoms with Crippen LogP contribution in [-0.4, -0.2) is 12.1 Å². The van der Waals surface area contributed by atoms with Gasteiger partial charge in [-0.2, -0.15) is 0 Å². The molecule has 0 aliphatic rings. The van der Waals surface area contributed by atoms with Gasteiger partial charge in [0.05, 0.1) is 12.1 Å². The predicted molar refractivity (Wildman–Crippen MR) is 75.1 cm³/mol. The molecule has 1 atom stereocenters. The summed E-state index contributed by atoms with van der Waals surface area (Å²) in [5.74, 6) is 0.929. The average molecular weight is 262 g/mol. The number of ether oxygens (including phenoxy) is 1. The van der Waals surface area contributed by atoms with Crippen molar-refractivity contribution < 1.29 is 4.74 Å². The Hall–Kier alpha value is -1.39. The molecule has 4 heteroatoms. The zero-order chi connectivity index (χ0) is 13.0. The van der Waals surface area contributed by atoms with E-state index in [0.29, 0.717) is 0 Å². The van der Waals surface area contributed by atoms with E-state index in [1.807, 2.05) is 31.3 Å². The molecule has 0 unspecified atom stereocenters. The molecule has 0 radical (unpaired) electrons. The Bertz CT molecular complexity index is 510. The van der Waals surface area contributed by atoms with Crippen molar-refractivity contribution in [3.8, 4) is 5.75 Å². The predicted octanol–water partition coefficient (Wildman–Crippen LogP) is 3.31. The van der Waals surface area contributed by atoms with E-state index in [1.165, 1.54) is 10.4 Å². The Morgan fingerprint density at radius 3 is 2.83 bits per heavy atom. The van der Waals surface area contributed by atoms with Gasteiger partial charge in [-0.3, -0.25) is 0 Å². The number of hydrogen-bond donors (Lipinski definition) is 1. The van der Waals surface area contributed by atoms with Crippen molar-refractivity contribution in [2.45, 2.75) is 26.4 Å². The first-order chi connectivity index (χ1) is 8.70. The van der Waals surface area contributed by atoms with Crippen LogP contribution < -0.4 is 10.1 Å². The van der Waals surface area contributed by atoms with E-state index in [0.717, 1.165) is 17.3 Å². The van der Waals surface area contributed by atoms with Crippen LogP contribution in [0.1, 0.15) is 28.4 Å². The van der Waals surface area contributed by atoms with E-state index < -0.39 is 0 Å². The fourth-order valence-electron chi connectivity index (χ4n) is 1.87. The van der Waals surface area contributed by atoms with E-state index in [2.05, 4.69) is 23.3 Å². The van der Waals surface area contributed by atoms with Gasteiger partial charge < -0.3 is 10.1 Å². The number of thiazole rings is 1. The van der Waals surface area contributed by atoms with Gasteiger partial charge >= 0.3 is 0 Å². The summed E-state index contributed by atoms with van der Waals surface area (Å²) in [6.45, 7) is 5.01. The number of rotatable bonds is 5. The maximum Gasteiger partial charge on any atom is 0.123 e. The fourth-order valence-corrected chi connectivity index (χ4v) is 2.62. The van der Waals surface area contributed by atoms with Crippen LogP contribution >= 0.6 is 11.3 Å². The zero-order valence-electron chi connectivity index (χ0n) is 10.9. The van der Waals surface area contributed by atoms with Crippen molar-refractivity contribution >= 4 is 11.3 Å². The van der Waals surface area contributed by atoms with Gasteiger partial charge in [0, 0.05) is 29.2 Å². The van der Waals surface area contributed by atoms with E-state index in [-0.39, 0.29) is 6.04 Å². The maximum absolute atomic E-state index is 5.37. The molecule has 0 saturated heterocycles. The van der Waals surface area contributed by atoms with Crippen molar-refractivity contribution in [2.24, 2.45) is 0 Å². The molecule has 3 nitrogen and oxygen atoms in total. The Morgan fingerprint density at radius 1 is 1.39 bits per heavy atom.